The second-order valence-electron chi connectivity index (χ2n) is 2.74. The number of nitrogens with zero attached hydrogens (tertiary/aromatic N) is 2. The Morgan fingerprint density at radius 1 is 1.46 bits per heavy atom. The third-order valence-corrected chi connectivity index (χ3v) is 1.74. The third-order valence-electron chi connectivity index (χ3n) is 1.74. The van der Waals surface area contributed by atoms with Crippen LogP contribution in [0.5, 0.6) is 0 Å². The average molecular weight is 202 g/mol. The van der Waals surface area contributed by atoms with Crippen LogP contribution in [0.1, 0.15) is 0 Å². The largest absolute Gasteiger partial charge is 0.396 e. The van der Waals surface area contributed by atoms with Crippen LogP contribution >= 0.6 is 12.4 Å². The van der Waals surface area contributed by atoms with Crippen LogP contribution in [0, 0.1) is 5.82 Å². The highest BCUT2D eigenvalue weighted by Gasteiger charge is 2.03. The van der Waals surface area contributed by atoms with E-state index in [2.05, 4.69) is 5.10 Å². The predicted octanol–water partition coefficient (Wildman–Crippen LogP) is 1.72. The number of anilines is 1. The quantitative estimate of drug-likeness (QED) is 0.660. The summed E-state index contributed by atoms with van der Waals surface area (Å²) in [4.78, 5) is 0. The topological polar surface area (TPSA) is 43.8 Å². The summed E-state index contributed by atoms with van der Waals surface area (Å²) in [5.74, 6) is -0.416. The van der Waals surface area contributed by atoms with Crippen LogP contribution in [0.3, 0.4) is 0 Å². The minimum Gasteiger partial charge on any atom is -0.396 e. The molecule has 13 heavy (non-hydrogen) atoms. The van der Waals surface area contributed by atoms with Crippen molar-refractivity contribution in [3.05, 3.63) is 24.1 Å². The van der Waals surface area contributed by atoms with Gasteiger partial charge in [0.25, 0.3) is 0 Å². The highest BCUT2D eigenvalue weighted by molar-refractivity contribution is 5.85. The number of halogens is 2. The van der Waals surface area contributed by atoms with Crippen molar-refractivity contribution in [2.24, 2.45) is 7.05 Å². The maximum Gasteiger partial charge on any atom is 0.148 e. The van der Waals surface area contributed by atoms with Crippen LogP contribution in [-0.2, 0) is 7.05 Å². The van der Waals surface area contributed by atoms with E-state index in [1.54, 1.807) is 24.0 Å². The van der Waals surface area contributed by atoms with Gasteiger partial charge in [-0.2, -0.15) is 5.10 Å². The van der Waals surface area contributed by atoms with Crippen molar-refractivity contribution in [1.82, 2.24) is 9.78 Å². The number of rotatable bonds is 0. The standard InChI is InChI=1S/C8H8FN3.ClH/c1-12-4-5-2-7(10)6(9)3-8(5)11-12;/h2-4H,10H2,1H3;1H. The van der Waals surface area contributed by atoms with Gasteiger partial charge in [-0.25, -0.2) is 4.39 Å². The Morgan fingerprint density at radius 2 is 2.15 bits per heavy atom. The van der Waals surface area contributed by atoms with Crippen LogP contribution in [0.4, 0.5) is 10.1 Å². The van der Waals surface area contributed by atoms with Crippen LogP contribution < -0.4 is 5.73 Å². The third kappa shape index (κ3) is 1.58. The molecule has 2 aromatic rings. The van der Waals surface area contributed by atoms with Crippen molar-refractivity contribution >= 4 is 29.0 Å². The van der Waals surface area contributed by atoms with E-state index in [0.29, 0.717) is 5.52 Å². The van der Waals surface area contributed by atoms with Crippen LogP contribution in [0.2, 0.25) is 0 Å². The molecule has 0 saturated heterocycles. The Morgan fingerprint density at radius 3 is 2.85 bits per heavy atom. The summed E-state index contributed by atoms with van der Waals surface area (Å²) in [6.45, 7) is 0. The molecule has 0 amide bonds. The van der Waals surface area contributed by atoms with Crippen LogP contribution in [0.15, 0.2) is 18.3 Å². The minimum atomic E-state index is -0.416. The fraction of sp³-hybridized carbons (Fsp3) is 0.125. The Kier molecular flexibility index (Phi) is 2.43. The fourth-order valence-electron chi connectivity index (χ4n) is 1.19. The van der Waals surface area contributed by atoms with Gasteiger partial charge in [0.2, 0.25) is 0 Å². The van der Waals surface area contributed by atoms with E-state index in [4.69, 9.17) is 5.73 Å². The molecule has 0 bridgehead atoms. The number of aromatic nitrogens is 2. The van der Waals surface area contributed by atoms with Gasteiger partial charge in [0, 0.05) is 24.7 Å². The van der Waals surface area contributed by atoms with E-state index in [-0.39, 0.29) is 18.1 Å². The first-order valence-electron chi connectivity index (χ1n) is 3.55. The maximum atomic E-state index is 12.9. The zero-order valence-corrected chi connectivity index (χ0v) is 7.81. The lowest BCUT2D eigenvalue weighted by atomic mass is 10.2. The first-order valence-corrected chi connectivity index (χ1v) is 3.55. The monoisotopic (exact) mass is 201 g/mol. The van der Waals surface area contributed by atoms with E-state index in [1.807, 2.05) is 0 Å². The molecule has 5 heteroatoms. The molecule has 0 aliphatic heterocycles. The summed E-state index contributed by atoms with van der Waals surface area (Å²) in [6, 6.07) is 2.92. The lowest BCUT2D eigenvalue weighted by Gasteiger charge is -1.93. The van der Waals surface area contributed by atoms with Crippen molar-refractivity contribution in [1.29, 1.82) is 0 Å². The molecule has 0 aliphatic carbocycles. The minimum absolute atomic E-state index is 0. The molecule has 0 radical (unpaired) electrons. The number of nitrogen functional groups attached to an aromatic ring is 1. The second kappa shape index (κ2) is 3.22. The Hall–Kier alpha value is -1.29. The number of nitrogens with two attached hydrogens (primary N) is 1. The van der Waals surface area contributed by atoms with Gasteiger partial charge in [-0.15, -0.1) is 12.4 Å². The first kappa shape index (κ1) is 9.80. The van der Waals surface area contributed by atoms with Gasteiger partial charge in [0.05, 0.1) is 11.2 Å². The van der Waals surface area contributed by atoms with Gasteiger partial charge in [-0.1, -0.05) is 0 Å². The molecule has 2 rings (SSSR count). The van der Waals surface area contributed by atoms with Crippen LogP contribution in [0.25, 0.3) is 10.9 Å². The molecule has 3 nitrogen and oxygen atoms in total. The molecule has 0 atom stereocenters. The average Bonchev–Trinajstić information content (AvgIpc) is 2.30. The van der Waals surface area contributed by atoms with Gasteiger partial charge in [0.15, 0.2) is 0 Å². The normalized spacial score (nSPS) is 10.0. The van der Waals surface area contributed by atoms with E-state index in [1.165, 1.54) is 6.07 Å². The number of benzene rings is 1. The van der Waals surface area contributed by atoms with Crippen molar-refractivity contribution in [2.75, 3.05) is 5.73 Å². The number of aryl methyl sites for hydroxylation is 1. The molecule has 0 aliphatic rings. The van der Waals surface area contributed by atoms with Gasteiger partial charge in [0.1, 0.15) is 5.82 Å². The van der Waals surface area contributed by atoms with E-state index < -0.39 is 5.82 Å². The molecule has 1 aromatic carbocycles. The van der Waals surface area contributed by atoms with Crippen molar-refractivity contribution in [3.8, 4) is 0 Å². The van der Waals surface area contributed by atoms with Gasteiger partial charge in [-0.3, -0.25) is 4.68 Å². The number of fused-ring (bicyclic) bond motifs is 1. The van der Waals surface area contributed by atoms with Gasteiger partial charge in [-0.05, 0) is 6.07 Å². The molecule has 0 spiro atoms. The summed E-state index contributed by atoms with van der Waals surface area (Å²) < 4.78 is 14.5. The van der Waals surface area contributed by atoms with E-state index in [0.717, 1.165) is 5.39 Å². The Balaban J connectivity index is 0.000000845. The zero-order chi connectivity index (χ0) is 8.72. The SMILES string of the molecule is Cl.Cn1cc2cc(N)c(F)cc2n1. The number of hydrogen-bond acceptors (Lipinski definition) is 2. The Labute approximate surface area is 80.7 Å². The lowest BCUT2D eigenvalue weighted by molar-refractivity contribution is 0.633. The molecule has 0 saturated carbocycles. The first-order chi connectivity index (χ1) is 5.66. The highest BCUT2D eigenvalue weighted by Crippen LogP contribution is 2.18. The van der Waals surface area contributed by atoms with Crippen molar-refractivity contribution in [3.63, 3.8) is 0 Å². The molecule has 1 heterocycles. The summed E-state index contributed by atoms with van der Waals surface area (Å²) in [5, 5.41) is 4.89. The summed E-state index contributed by atoms with van der Waals surface area (Å²) >= 11 is 0. The molecule has 70 valence electrons. The zero-order valence-electron chi connectivity index (χ0n) is 6.99. The smallest absolute Gasteiger partial charge is 0.148 e. The number of hydrogen-bond donors (Lipinski definition) is 1. The van der Waals surface area contributed by atoms with E-state index >= 15 is 0 Å². The predicted molar refractivity (Wildman–Crippen MR) is 52.3 cm³/mol. The lowest BCUT2D eigenvalue weighted by Crippen LogP contribution is -1.89. The summed E-state index contributed by atoms with van der Waals surface area (Å²) in [6.07, 6.45) is 1.80. The molecule has 0 unspecified atom stereocenters. The molecule has 1 aromatic heterocycles. The van der Waals surface area contributed by atoms with Crippen molar-refractivity contribution < 1.29 is 4.39 Å². The van der Waals surface area contributed by atoms with Gasteiger partial charge >= 0.3 is 0 Å². The summed E-state index contributed by atoms with van der Waals surface area (Å²) in [7, 11) is 1.79. The fourth-order valence-corrected chi connectivity index (χ4v) is 1.19. The highest BCUT2D eigenvalue weighted by atomic mass is 35.5. The Bertz CT molecular complexity index is 399. The van der Waals surface area contributed by atoms with Gasteiger partial charge < -0.3 is 5.73 Å². The van der Waals surface area contributed by atoms with E-state index in [9.17, 15) is 4.39 Å². The van der Waals surface area contributed by atoms with Crippen molar-refractivity contribution in [2.45, 2.75) is 0 Å². The molecule has 2 N–H and O–H groups in total. The molecule has 0 fully saturated rings. The van der Waals surface area contributed by atoms with Crippen LogP contribution in [-0.4, -0.2) is 9.78 Å². The molecular weight excluding hydrogens is 193 g/mol. The maximum absolute atomic E-state index is 12.9. The molecular formula is C8H9ClFN3. The second-order valence-corrected chi connectivity index (χ2v) is 2.74. The summed E-state index contributed by atoms with van der Waals surface area (Å²) in [5.41, 5.74) is 6.17.